The van der Waals surface area contributed by atoms with Crippen LogP contribution in [0, 0.1) is 17.8 Å². The zero-order valence-corrected chi connectivity index (χ0v) is 23.2. The first-order valence-corrected chi connectivity index (χ1v) is 11.8. The molecule has 6 nitrogen and oxygen atoms in total. The summed E-state index contributed by atoms with van der Waals surface area (Å²) in [6.45, 7) is 12.1. The molecule has 0 aromatic heterocycles. The molecule has 0 heterocycles. The van der Waals surface area contributed by atoms with Gasteiger partial charge in [-0.15, -0.1) is 0 Å². The third-order valence-electron chi connectivity index (χ3n) is 4.85. The summed E-state index contributed by atoms with van der Waals surface area (Å²) >= 11 is 0. The fraction of sp³-hybridized carbons (Fsp3) is 0.875. The summed E-state index contributed by atoms with van der Waals surface area (Å²) in [5.41, 5.74) is 0. The molecule has 180 valence electrons. The van der Waals surface area contributed by atoms with E-state index >= 15 is 0 Å². The summed E-state index contributed by atoms with van der Waals surface area (Å²) < 4.78 is 0. The van der Waals surface area contributed by atoms with Crippen LogP contribution >= 0.6 is 0 Å². The molecular weight excluding hydrogens is 407 g/mol. The second-order valence-corrected chi connectivity index (χ2v) is 7.82. The molecular formula is C24H47NaO6. The van der Waals surface area contributed by atoms with Gasteiger partial charge in [0.15, 0.2) is 0 Å². The Kier molecular flexibility index (Phi) is 33.4. The van der Waals surface area contributed by atoms with Crippen molar-refractivity contribution in [1.29, 1.82) is 0 Å². The molecule has 2 N–H and O–H groups in total. The van der Waals surface area contributed by atoms with E-state index in [2.05, 4.69) is 0 Å². The minimum absolute atomic E-state index is 0. The van der Waals surface area contributed by atoms with Crippen molar-refractivity contribution < 1.29 is 59.3 Å². The third kappa shape index (κ3) is 25.5. The summed E-state index contributed by atoms with van der Waals surface area (Å²) in [5, 5.41) is 27.6. The molecule has 0 radical (unpaired) electrons. The van der Waals surface area contributed by atoms with Gasteiger partial charge in [0.2, 0.25) is 0 Å². The van der Waals surface area contributed by atoms with Gasteiger partial charge in [-0.05, 0) is 44.4 Å². The van der Waals surface area contributed by atoms with E-state index in [0.29, 0.717) is 0 Å². The summed E-state index contributed by atoms with van der Waals surface area (Å²) in [7, 11) is 0. The maximum atomic E-state index is 10.5. The Morgan fingerprint density at radius 1 is 0.548 bits per heavy atom. The van der Waals surface area contributed by atoms with Crippen LogP contribution in [0.1, 0.15) is 119 Å². The zero-order chi connectivity index (χ0) is 23.9. The molecule has 0 aliphatic rings. The maximum Gasteiger partial charge on any atom is 1.00 e. The zero-order valence-electron chi connectivity index (χ0n) is 21.2. The summed E-state index contributed by atoms with van der Waals surface area (Å²) in [4.78, 5) is 31.3. The Labute approximate surface area is 212 Å². The fourth-order valence-corrected chi connectivity index (χ4v) is 3.25. The summed E-state index contributed by atoms with van der Waals surface area (Å²) in [6.07, 6.45) is 10.5. The standard InChI is InChI=1S/3C8H16O2.Na/c3*1-3-5-7(6-4-2)8(9)10;/h3*7H,3-6H2,1-2H3,(H,9,10);/q;;;+1/p-1. The Morgan fingerprint density at radius 3 is 0.871 bits per heavy atom. The van der Waals surface area contributed by atoms with Gasteiger partial charge < -0.3 is 20.1 Å². The normalized spacial score (nSPS) is 9.97. The van der Waals surface area contributed by atoms with Crippen LogP contribution in [0.5, 0.6) is 0 Å². The number of aliphatic carboxylic acids is 3. The van der Waals surface area contributed by atoms with Crippen molar-refractivity contribution in [2.45, 2.75) is 119 Å². The van der Waals surface area contributed by atoms with Gasteiger partial charge in [0.1, 0.15) is 0 Å². The molecule has 0 aromatic carbocycles. The molecule has 0 saturated carbocycles. The van der Waals surface area contributed by atoms with Gasteiger partial charge in [0, 0.05) is 5.97 Å². The Balaban J connectivity index is -0.000000174. The van der Waals surface area contributed by atoms with Crippen LogP contribution in [0.2, 0.25) is 0 Å². The van der Waals surface area contributed by atoms with Crippen molar-refractivity contribution in [3.63, 3.8) is 0 Å². The fourth-order valence-electron chi connectivity index (χ4n) is 3.25. The predicted molar refractivity (Wildman–Crippen MR) is 120 cm³/mol. The quantitative estimate of drug-likeness (QED) is 0.368. The molecule has 7 heteroatoms. The van der Waals surface area contributed by atoms with Crippen LogP contribution in [0.4, 0.5) is 0 Å². The third-order valence-corrected chi connectivity index (χ3v) is 4.85. The van der Waals surface area contributed by atoms with Gasteiger partial charge in [-0.2, -0.15) is 0 Å². The van der Waals surface area contributed by atoms with E-state index in [0.717, 1.165) is 77.0 Å². The van der Waals surface area contributed by atoms with E-state index in [1.54, 1.807) is 0 Å². The molecule has 0 unspecified atom stereocenters. The van der Waals surface area contributed by atoms with Crippen LogP contribution < -0.4 is 34.7 Å². The first-order chi connectivity index (χ1) is 14.2. The molecule has 0 fully saturated rings. The first kappa shape index (κ1) is 37.7. The Bertz CT molecular complexity index is 348. The van der Waals surface area contributed by atoms with Gasteiger partial charge in [-0.25, -0.2) is 0 Å². The van der Waals surface area contributed by atoms with Crippen LogP contribution in [-0.2, 0) is 14.4 Å². The molecule has 0 atom stereocenters. The van der Waals surface area contributed by atoms with Crippen LogP contribution in [-0.4, -0.2) is 28.1 Å². The number of carboxylic acid groups (broad SMARTS) is 3. The van der Waals surface area contributed by atoms with Crippen molar-refractivity contribution in [3.05, 3.63) is 0 Å². The molecule has 0 aliphatic heterocycles. The smallest absolute Gasteiger partial charge is 0.550 e. The number of rotatable bonds is 15. The van der Waals surface area contributed by atoms with Gasteiger partial charge >= 0.3 is 41.5 Å². The van der Waals surface area contributed by atoms with E-state index in [1.807, 2.05) is 41.5 Å². The minimum Gasteiger partial charge on any atom is -0.550 e. The van der Waals surface area contributed by atoms with E-state index in [9.17, 15) is 19.5 Å². The molecule has 0 spiro atoms. The molecule has 0 aliphatic carbocycles. The van der Waals surface area contributed by atoms with Crippen LogP contribution in [0.15, 0.2) is 0 Å². The second-order valence-electron chi connectivity index (χ2n) is 7.82. The van der Waals surface area contributed by atoms with Crippen molar-refractivity contribution >= 4 is 17.9 Å². The van der Waals surface area contributed by atoms with E-state index < -0.39 is 17.9 Å². The topological polar surface area (TPSA) is 115 Å². The molecule has 31 heavy (non-hydrogen) atoms. The minimum atomic E-state index is -0.885. The summed E-state index contributed by atoms with van der Waals surface area (Å²) in [6, 6.07) is 0. The first-order valence-electron chi connectivity index (χ1n) is 11.8. The maximum absolute atomic E-state index is 10.5. The average Bonchev–Trinajstić information content (AvgIpc) is 2.68. The van der Waals surface area contributed by atoms with Crippen molar-refractivity contribution in [1.82, 2.24) is 0 Å². The number of hydrogen-bond acceptors (Lipinski definition) is 4. The van der Waals surface area contributed by atoms with Gasteiger partial charge in [0.05, 0.1) is 11.8 Å². The number of carbonyl (C=O) groups is 3. The molecule has 0 amide bonds. The van der Waals surface area contributed by atoms with Crippen molar-refractivity contribution in [2.75, 3.05) is 0 Å². The van der Waals surface area contributed by atoms with E-state index in [-0.39, 0.29) is 47.3 Å². The molecule has 0 rings (SSSR count). The van der Waals surface area contributed by atoms with Crippen LogP contribution in [0.25, 0.3) is 0 Å². The Morgan fingerprint density at radius 2 is 0.742 bits per heavy atom. The van der Waals surface area contributed by atoms with Gasteiger partial charge in [-0.3, -0.25) is 9.59 Å². The summed E-state index contributed by atoms with van der Waals surface area (Å²) in [5.74, 6) is -2.57. The number of hydrogen-bond donors (Lipinski definition) is 2. The predicted octanol–water partition coefficient (Wildman–Crippen LogP) is 2.53. The molecule has 0 bridgehead atoms. The van der Waals surface area contributed by atoms with E-state index in [1.165, 1.54) is 0 Å². The monoisotopic (exact) mass is 454 g/mol. The average molecular weight is 455 g/mol. The van der Waals surface area contributed by atoms with Crippen LogP contribution in [0.3, 0.4) is 0 Å². The second kappa shape index (κ2) is 27.4. The van der Waals surface area contributed by atoms with Crippen molar-refractivity contribution in [2.24, 2.45) is 17.8 Å². The molecule has 0 aromatic rings. The van der Waals surface area contributed by atoms with Gasteiger partial charge in [-0.1, -0.05) is 80.1 Å². The van der Waals surface area contributed by atoms with Crippen molar-refractivity contribution in [3.8, 4) is 0 Å². The SMILES string of the molecule is CCCC(CCC)C(=O)O.CCCC(CCC)C(=O)O.CCCC(CCC)C(=O)[O-].[Na+]. The Hall–Kier alpha value is -0.590. The molecule has 0 saturated heterocycles. The number of carboxylic acids is 3. The van der Waals surface area contributed by atoms with E-state index in [4.69, 9.17) is 10.2 Å². The van der Waals surface area contributed by atoms with Gasteiger partial charge in [0.25, 0.3) is 0 Å². The largest absolute Gasteiger partial charge is 1.00 e. The number of carbonyl (C=O) groups excluding carboxylic acids is 1.